The molecule has 0 radical (unpaired) electrons. The molecule has 0 atom stereocenters. The Bertz CT molecular complexity index is 445. The first-order valence-electron chi connectivity index (χ1n) is 3.71. The minimum absolute atomic E-state index is 0.358. The summed E-state index contributed by atoms with van der Waals surface area (Å²) in [7, 11) is 0. The lowest BCUT2D eigenvalue weighted by Gasteiger charge is -1.98. The van der Waals surface area contributed by atoms with E-state index in [0.29, 0.717) is 21.1 Å². The fraction of sp³-hybridized carbons (Fsp3) is 0. The van der Waals surface area contributed by atoms with Gasteiger partial charge in [-0.1, -0.05) is 11.6 Å². The Labute approximate surface area is 93.5 Å². The van der Waals surface area contributed by atoms with Crippen molar-refractivity contribution in [2.24, 2.45) is 0 Å². The Balaban J connectivity index is 2.44. The predicted molar refractivity (Wildman–Crippen MR) is 55.8 cm³/mol. The first kappa shape index (κ1) is 9.48. The molecule has 2 aromatic heterocycles. The predicted octanol–water partition coefficient (Wildman–Crippen LogP) is 2.35. The average Bonchev–Trinajstić information content (AvgIpc) is 2.19. The largest absolute Gasteiger partial charge is 0.260 e. The van der Waals surface area contributed by atoms with Crippen LogP contribution in [-0.2, 0) is 0 Å². The highest BCUT2D eigenvalue weighted by Crippen LogP contribution is 2.15. The fourth-order valence-electron chi connectivity index (χ4n) is 0.910. The van der Waals surface area contributed by atoms with E-state index in [4.69, 9.17) is 11.6 Å². The van der Waals surface area contributed by atoms with E-state index in [1.807, 2.05) is 0 Å². The lowest BCUT2D eigenvalue weighted by molar-refractivity contribution is 1.12. The van der Waals surface area contributed by atoms with Gasteiger partial charge in [-0.05, 0) is 15.9 Å². The lowest BCUT2D eigenvalue weighted by Crippen LogP contribution is -1.90. The summed E-state index contributed by atoms with van der Waals surface area (Å²) in [5, 5.41) is 0.358. The van der Waals surface area contributed by atoms with Crippen LogP contribution < -0.4 is 0 Å². The van der Waals surface area contributed by atoms with E-state index in [1.165, 1.54) is 6.20 Å². The van der Waals surface area contributed by atoms with E-state index in [9.17, 15) is 0 Å². The minimum atomic E-state index is 0.358. The molecule has 0 aliphatic carbocycles. The summed E-state index contributed by atoms with van der Waals surface area (Å²) in [6, 6.07) is 0. The van der Waals surface area contributed by atoms with Crippen LogP contribution in [0.2, 0.25) is 5.15 Å². The standard InChI is InChI=1S/C8H4BrClN4/c9-7-3-11-1-6(14-7)5-2-13-8(10)4-12-5/h1-4H. The summed E-state index contributed by atoms with van der Waals surface area (Å²) in [6.45, 7) is 0. The third kappa shape index (κ3) is 2.05. The van der Waals surface area contributed by atoms with Crippen molar-refractivity contribution in [1.29, 1.82) is 0 Å². The molecule has 0 amide bonds. The highest BCUT2D eigenvalue weighted by atomic mass is 79.9. The van der Waals surface area contributed by atoms with E-state index in [2.05, 4.69) is 35.9 Å². The summed E-state index contributed by atoms with van der Waals surface area (Å²) < 4.78 is 0.659. The van der Waals surface area contributed by atoms with Crippen LogP contribution in [0.25, 0.3) is 11.4 Å². The lowest BCUT2D eigenvalue weighted by atomic mass is 10.3. The Hall–Kier alpha value is -1.07. The normalized spacial score (nSPS) is 10.1. The van der Waals surface area contributed by atoms with Crippen LogP contribution in [0.1, 0.15) is 0 Å². The molecule has 0 saturated carbocycles. The van der Waals surface area contributed by atoms with Crippen molar-refractivity contribution in [3.8, 4) is 11.4 Å². The molecular weight excluding hydrogens is 267 g/mol. The van der Waals surface area contributed by atoms with Gasteiger partial charge >= 0.3 is 0 Å². The number of halogens is 2. The van der Waals surface area contributed by atoms with Crippen LogP contribution >= 0.6 is 27.5 Å². The highest BCUT2D eigenvalue weighted by Gasteiger charge is 2.02. The quantitative estimate of drug-likeness (QED) is 0.799. The molecule has 0 unspecified atom stereocenters. The second-order valence-electron chi connectivity index (χ2n) is 2.45. The summed E-state index contributed by atoms with van der Waals surface area (Å²) in [6.07, 6.45) is 6.24. The maximum Gasteiger partial charge on any atom is 0.147 e. The smallest absolute Gasteiger partial charge is 0.147 e. The third-order valence-electron chi connectivity index (χ3n) is 1.49. The van der Waals surface area contributed by atoms with E-state index >= 15 is 0 Å². The zero-order valence-corrected chi connectivity index (χ0v) is 9.20. The van der Waals surface area contributed by atoms with Crippen LogP contribution in [0.15, 0.2) is 29.4 Å². The van der Waals surface area contributed by atoms with Crippen molar-refractivity contribution in [2.45, 2.75) is 0 Å². The van der Waals surface area contributed by atoms with Crippen molar-refractivity contribution >= 4 is 27.5 Å². The van der Waals surface area contributed by atoms with E-state index < -0.39 is 0 Å². The van der Waals surface area contributed by atoms with Crippen molar-refractivity contribution in [1.82, 2.24) is 19.9 Å². The molecule has 2 heterocycles. The Kier molecular flexibility index (Phi) is 2.69. The number of hydrogen-bond donors (Lipinski definition) is 0. The average molecular weight is 272 g/mol. The maximum absolute atomic E-state index is 5.61. The third-order valence-corrected chi connectivity index (χ3v) is 2.07. The van der Waals surface area contributed by atoms with Crippen molar-refractivity contribution < 1.29 is 0 Å². The molecule has 6 heteroatoms. The van der Waals surface area contributed by atoms with Crippen molar-refractivity contribution in [3.63, 3.8) is 0 Å². The minimum Gasteiger partial charge on any atom is -0.260 e. The first-order chi connectivity index (χ1) is 6.75. The highest BCUT2D eigenvalue weighted by molar-refractivity contribution is 9.10. The van der Waals surface area contributed by atoms with Gasteiger partial charge in [0.1, 0.15) is 21.1 Å². The molecule has 2 rings (SSSR count). The Morgan fingerprint density at radius 3 is 2.50 bits per heavy atom. The number of nitrogens with zero attached hydrogens (tertiary/aromatic N) is 4. The van der Waals surface area contributed by atoms with Crippen molar-refractivity contribution in [2.75, 3.05) is 0 Å². The van der Waals surface area contributed by atoms with Gasteiger partial charge in [-0.15, -0.1) is 0 Å². The molecule has 70 valence electrons. The van der Waals surface area contributed by atoms with Gasteiger partial charge < -0.3 is 0 Å². The number of rotatable bonds is 1. The molecule has 0 saturated heterocycles. The summed E-state index contributed by atoms with van der Waals surface area (Å²) in [5.74, 6) is 0. The summed E-state index contributed by atoms with van der Waals surface area (Å²) >= 11 is 8.84. The molecule has 4 nitrogen and oxygen atoms in total. The van der Waals surface area contributed by atoms with Gasteiger partial charge in [-0.3, -0.25) is 4.98 Å². The van der Waals surface area contributed by atoms with Crippen LogP contribution in [0.3, 0.4) is 0 Å². The Morgan fingerprint density at radius 1 is 1.00 bits per heavy atom. The molecule has 0 fully saturated rings. The summed E-state index contributed by atoms with van der Waals surface area (Å²) in [5.41, 5.74) is 1.30. The van der Waals surface area contributed by atoms with Gasteiger partial charge in [-0.2, -0.15) is 0 Å². The number of hydrogen-bond acceptors (Lipinski definition) is 4. The van der Waals surface area contributed by atoms with Gasteiger partial charge in [-0.25, -0.2) is 15.0 Å². The fourth-order valence-corrected chi connectivity index (χ4v) is 1.32. The molecule has 14 heavy (non-hydrogen) atoms. The van der Waals surface area contributed by atoms with Gasteiger partial charge in [0.15, 0.2) is 0 Å². The second kappa shape index (κ2) is 3.98. The van der Waals surface area contributed by atoms with Crippen molar-refractivity contribution in [3.05, 3.63) is 34.5 Å². The molecule has 0 aromatic carbocycles. The first-order valence-corrected chi connectivity index (χ1v) is 4.88. The monoisotopic (exact) mass is 270 g/mol. The number of aromatic nitrogens is 4. The molecule has 0 aliphatic heterocycles. The zero-order chi connectivity index (χ0) is 9.97. The van der Waals surface area contributed by atoms with Crippen LogP contribution in [-0.4, -0.2) is 19.9 Å². The van der Waals surface area contributed by atoms with Gasteiger partial charge in [0.05, 0.1) is 24.8 Å². The molecule has 0 aliphatic rings. The van der Waals surface area contributed by atoms with Crippen LogP contribution in [0.5, 0.6) is 0 Å². The SMILES string of the molecule is Clc1cnc(-c2cncc(Br)n2)cn1. The summed E-state index contributed by atoms with van der Waals surface area (Å²) in [4.78, 5) is 16.1. The topological polar surface area (TPSA) is 51.6 Å². The van der Waals surface area contributed by atoms with E-state index in [-0.39, 0.29) is 0 Å². The van der Waals surface area contributed by atoms with E-state index in [0.717, 1.165) is 0 Å². The molecule has 0 N–H and O–H groups in total. The maximum atomic E-state index is 5.61. The molecular formula is C8H4BrClN4. The molecule has 0 spiro atoms. The Morgan fingerprint density at radius 2 is 1.86 bits per heavy atom. The van der Waals surface area contributed by atoms with E-state index in [1.54, 1.807) is 18.6 Å². The second-order valence-corrected chi connectivity index (χ2v) is 3.65. The molecule has 2 aromatic rings. The zero-order valence-electron chi connectivity index (χ0n) is 6.85. The molecule has 0 bridgehead atoms. The van der Waals surface area contributed by atoms with Crippen LogP contribution in [0.4, 0.5) is 0 Å². The van der Waals surface area contributed by atoms with Gasteiger partial charge in [0.2, 0.25) is 0 Å². The van der Waals surface area contributed by atoms with Gasteiger partial charge in [0.25, 0.3) is 0 Å². The van der Waals surface area contributed by atoms with Crippen LogP contribution in [0, 0.1) is 0 Å². The van der Waals surface area contributed by atoms with Gasteiger partial charge in [0, 0.05) is 0 Å².